The van der Waals surface area contributed by atoms with Crippen LogP contribution in [0.2, 0.25) is 4.34 Å². The molecule has 1 N–H and O–H groups in total. The second kappa shape index (κ2) is 5.19. The molecule has 0 spiro atoms. The average molecular weight is 293 g/mol. The molecule has 0 unspecified atom stereocenters. The molecule has 0 aliphatic carbocycles. The molecule has 3 heterocycles. The van der Waals surface area contributed by atoms with Gasteiger partial charge in [-0.25, -0.2) is 9.97 Å². The molecule has 0 aliphatic heterocycles. The van der Waals surface area contributed by atoms with Gasteiger partial charge in [-0.1, -0.05) is 11.6 Å². The Hall–Kier alpha value is -1.59. The van der Waals surface area contributed by atoms with Gasteiger partial charge < -0.3 is 9.88 Å². The summed E-state index contributed by atoms with van der Waals surface area (Å²) in [4.78, 5) is 9.98. The predicted molar refractivity (Wildman–Crippen MR) is 80.0 cm³/mol. The van der Waals surface area contributed by atoms with E-state index >= 15 is 0 Å². The van der Waals surface area contributed by atoms with Crippen molar-refractivity contribution in [2.45, 2.75) is 6.42 Å². The van der Waals surface area contributed by atoms with Gasteiger partial charge >= 0.3 is 0 Å². The fraction of sp³-hybridized carbons (Fsp3) is 0.231. The Morgan fingerprint density at radius 1 is 1.32 bits per heavy atom. The van der Waals surface area contributed by atoms with Gasteiger partial charge in [-0.05, 0) is 24.6 Å². The smallest absolute Gasteiger partial charge is 0.154 e. The lowest BCUT2D eigenvalue weighted by Crippen LogP contribution is -2.06. The van der Waals surface area contributed by atoms with Crippen molar-refractivity contribution < 1.29 is 0 Å². The van der Waals surface area contributed by atoms with Crippen molar-refractivity contribution in [3.63, 3.8) is 0 Å². The number of aromatic nitrogens is 3. The summed E-state index contributed by atoms with van der Waals surface area (Å²) in [5, 5.41) is 3.34. The zero-order valence-corrected chi connectivity index (χ0v) is 12.0. The molecule has 98 valence electrons. The summed E-state index contributed by atoms with van der Waals surface area (Å²) in [5.41, 5.74) is 1.99. The molecule has 0 aliphatic rings. The zero-order valence-electron chi connectivity index (χ0n) is 10.4. The molecule has 0 saturated heterocycles. The monoisotopic (exact) mass is 292 g/mol. The van der Waals surface area contributed by atoms with E-state index in [1.807, 2.05) is 23.7 Å². The third-order valence-corrected chi connectivity index (χ3v) is 4.23. The Balaban J connectivity index is 1.71. The van der Waals surface area contributed by atoms with Crippen molar-refractivity contribution in [3.8, 4) is 0 Å². The van der Waals surface area contributed by atoms with Crippen LogP contribution in [0.5, 0.6) is 0 Å². The fourth-order valence-electron chi connectivity index (χ4n) is 1.98. The number of hydrogen-bond donors (Lipinski definition) is 1. The lowest BCUT2D eigenvalue weighted by atomic mass is 10.3. The summed E-state index contributed by atoms with van der Waals surface area (Å²) in [5.74, 6) is 0.834. The molecule has 4 nitrogen and oxygen atoms in total. The number of anilines is 1. The minimum Gasteiger partial charge on any atom is -0.368 e. The third kappa shape index (κ3) is 2.57. The number of nitrogens with one attached hydrogen (secondary N) is 1. The summed E-state index contributed by atoms with van der Waals surface area (Å²) >= 11 is 7.53. The minimum absolute atomic E-state index is 0.819. The second-order valence-corrected chi connectivity index (χ2v) is 6.06. The number of rotatable bonds is 4. The van der Waals surface area contributed by atoms with Crippen LogP contribution in [0.15, 0.2) is 30.7 Å². The highest BCUT2D eigenvalue weighted by molar-refractivity contribution is 7.16. The topological polar surface area (TPSA) is 42.7 Å². The highest BCUT2D eigenvalue weighted by atomic mass is 35.5. The van der Waals surface area contributed by atoms with Crippen LogP contribution in [0.3, 0.4) is 0 Å². The van der Waals surface area contributed by atoms with E-state index < -0.39 is 0 Å². The van der Waals surface area contributed by atoms with E-state index in [1.54, 1.807) is 23.9 Å². The zero-order chi connectivity index (χ0) is 13.2. The van der Waals surface area contributed by atoms with Gasteiger partial charge in [0.05, 0.1) is 16.2 Å². The van der Waals surface area contributed by atoms with Gasteiger partial charge in [0, 0.05) is 24.7 Å². The summed E-state index contributed by atoms with van der Waals surface area (Å²) in [6.07, 6.45) is 4.53. The Morgan fingerprint density at radius 3 is 3.00 bits per heavy atom. The van der Waals surface area contributed by atoms with E-state index in [0.717, 1.165) is 34.2 Å². The molecule has 3 rings (SSSR count). The number of imidazole rings is 1. The minimum atomic E-state index is 0.819. The number of hydrogen-bond acceptors (Lipinski definition) is 4. The number of aryl methyl sites for hydroxylation is 1. The standard InChI is InChI=1S/C13H13ClN4S/c1-18-8-17-12-10(18)5-7-16-13(12)15-6-4-9-2-3-11(14)19-9/h2-3,5,7-8H,4,6H2,1H3,(H,15,16). The second-order valence-electron chi connectivity index (χ2n) is 4.27. The number of thiophene rings is 1. The number of halogens is 1. The van der Waals surface area contributed by atoms with Crippen LogP contribution in [0.25, 0.3) is 11.0 Å². The molecule has 0 fully saturated rings. The summed E-state index contributed by atoms with van der Waals surface area (Å²) in [7, 11) is 1.98. The average Bonchev–Trinajstić information content (AvgIpc) is 2.98. The van der Waals surface area contributed by atoms with Crippen LogP contribution in [0.4, 0.5) is 5.82 Å². The van der Waals surface area contributed by atoms with Crippen LogP contribution in [0.1, 0.15) is 4.88 Å². The SMILES string of the molecule is Cn1cnc2c(NCCc3ccc(Cl)s3)nccc21. The van der Waals surface area contributed by atoms with E-state index in [-0.39, 0.29) is 0 Å². The molecular formula is C13H13ClN4S. The predicted octanol–water partition coefficient (Wildman–Crippen LogP) is 3.34. The molecule has 6 heteroatoms. The van der Waals surface area contributed by atoms with Gasteiger partial charge in [-0.15, -0.1) is 11.3 Å². The molecule has 0 bridgehead atoms. The fourth-order valence-corrected chi connectivity index (χ4v) is 3.07. The largest absolute Gasteiger partial charge is 0.368 e. The van der Waals surface area contributed by atoms with Crippen LogP contribution in [-0.2, 0) is 13.5 Å². The van der Waals surface area contributed by atoms with Crippen LogP contribution in [-0.4, -0.2) is 21.1 Å². The Morgan fingerprint density at radius 2 is 2.21 bits per heavy atom. The summed E-state index contributed by atoms with van der Waals surface area (Å²) < 4.78 is 2.82. The Kier molecular flexibility index (Phi) is 3.40. The molecule has 3 aromatic heterocycles. The van der Waals surface area contributed by atoms with Gasteiger partial charge in [0.25, 0.3) is 0 Å². The van der Waals surface area contributed by atoms with E-state index in [2.05, 4.69) is 21.4 Å². The maximum atomic E-state index is 5.91. The van der Waals surface area contributed by atoms with Crippen molar-refractivity contribution in [2.75, 3.05) is 11.9 Å². The number of nitrogens with zero attached hydrogens (tertiary/aromatic N) is 3. The molecule has 0 saturated carbocycles. The van der Waals surface area contributed by atoms with Gasteiger partial charge in [-0.2, -0.15) is 0 Å². The summed E-state index contributed by atoms with van der Waals surface area (Å²) in [6.45, 7) is 0.819. The molecule has 0 atom stereocenters. The van der Waals surface area contributed by atoms with Crippen LogP contribution < -0.4 is 5.32 Å². The molecule has 0 amide bonds. The highest BCUT2D eigenvalue weighted by Crippen LogP contribution is 2.22. The molecule has 0 radical (unpaired) electrons. The normalized spacial score (nSPS) is 11.1. The third-order valence-electron chi connectivity index (χ3n) is 2.94. The lowest BCUT2D eigenvalue weighted by molar-refractivity contribution is 0.947. The maximum Gasteiger partial charge on any atom is 0.154 e. The lowest BCUT2D eigenvalue weighted by Gasteiger charge is -2.05. The molecule has 0 aromatic carbocycles. The van der Waals surface area contributed by atoms with Gasteiger partial charge in [0.2, 0.25) is 0 Å². The van der Waals surface area contributed by atoms with Crippen LogP contribution in [0, 0.1) is 0 Å². The first-order valence-electron chi connectivity index (χ1n) is 5.98. The first-order chi connectivity index (χ1) is 9.24. The van der Waals surface area contributed by atoms with Gasteiger partial charge in [0.15, 0.2) is 5.82 Å². The van der Waals surface area contributed by atoms with E-state index in [1.165, 1.54) is 4.88 Å². The quantitative estimate of drug-likeness (QED) is 0.802. The summed E-state index contributed by atoms with van der Waals surface area (Å²) in [6, 6.07) is 5.95. The maximum absolute atomic E-state index is 5.91. The highest BCUT2D eigenvalue weighted by Gasteiger charge is 2.06. The Labute approximate surface area is 120 Å². The first-order valence-corrected chi connectivity index (χ1v) is 7.17. The van der Waals surface area contributed by atoms with E-state index in [4.69, 9.17) is 11.6 Å². The van der Waals surface area contributed by atoms with Crippen molar-refractivity contribution in [1.29, 1.82) is 0 Å². The van der Waals surface area contributed by atoms with Gasteiger partial charge in [0.1, 0.15) is 5.52 Å². The van der Waals surface area contributed by atoms with E-state index in [9.17, 15) is 0 Å². The van der Waals surface area contributed by atoms with Crippen LogP contribution >= 0.6 is 22.9 Å². The van der Waals surface area contributed by atoms with Gasteiger partial charge in [-0.3, -0.25) is 0 Å². The number of fused-ring (bicyclic) bond motifs is 1. The molecule has 19 heavy (non-hydrogen) atoms. The van der Waals surface area contributed by atoms with E-state index in [0.29, 0.717) is 0 Å². The van der Waals surface area contributed by atoms with Crippen molar-refractivity contribution in [1.82, 2.24) is 14.5 Å². The van der Waals surface area contributed by atoms with Crippen molar-refractivity contribution in [2.24, 2.45) is 7.05 Å². The first kappa shape index (κ1) is 12.4. The Bertz CT molecular complexity index is 704. The molecule has 3 aromatic rings. The number of pyridine rings is 1. The van der Waals surface area contributed by atoms with Crippen molar-refractivity contribution in [3.05, 3.63) is 39.9 Å². The van der Waals surface area contributed by atoms with Crippen molar-refractivity contribution >= 4 is 39.8 Å². The molecular weight excluding hydrogens is 280 g/mol.